The van der Waals surface area contributed by atoms with Gasteiger partial charge in [-0.15, -0.1) is 0 Å². The number of nitriles is 1. The van der Waals surface area contributed by atoms with Gasteiger partial charge in [-0.05, 0) is 13.8 Å². The number of amides is 2. The standard InChI is InChI=1S/C12H19N3O2/c1-3-14(4-2)11(16)5-6-15-9-10(8-13)7-12(15)17/h10H,3-7,9H2,1-2H3. The van der Waals surface area contributed by atoms with Crippen molar-refractivity contribution in [1.82, 2.24) is 9.80 Å². The van der Waals surface area contributed by atoms with Crippen molar-refractivity contribution in [3.05, 3.63) is 0 Å². The fourth-order valence-corrected chi connectivity index (χ4v) is 2.04. The number of likely N-dealkylation sites (tertiary alicyclic amines) is 1. The summed E-state index contributed by atoms with van der Waals surface area (Å²) in [7, 11) is 0. The summed E-state index contributed by atoms with van der Waals surface area (Å²) >= 11 is 0. The molecule has 1 fully saturated rings. The average Bonchev–Trinajstić information content (AvgIpc) is 2.69. The van der Waals surface area contributed by atoms with Crippen LogP contribution in [0.25, 0.3) is 0 Å². The molecule has 5 heteroatoms. The molecule has 2 amide bonds. The molecule has 1 rings (SSSR count). The topological polar surface area (TPSA) is 64.4 Å². The molecule has 0 radical (unpaired) electrons. The van der Waals surface area contributed by atoms with Gasteiger partial charge in [0.05, 0.1) is 12.0 Å². The quantitative estimate of drug-likeness (QED) is 0.704. The van der Waals surface area contributed by atoms with Gasteiger partial charge >= 0.3 is 0 Å². The van der Waals surface area contributed by atoms with Gasteiger partial charge in [0.1, 0.15) is 0 Å². The van der Waals surface area contributed by atoms with E-state index >= 15 is 0 Å². The highest BCUT2D eigenvalue weighted by molar-refractivity contribution is 5.81. The minimum Gasteiger partial charge on any atom is -0.343 e. The van der Waals surface area contributed by atoms with E-state index in [2.05, 4.69) is 6.07 Å². The van der Waals surface area contributed by atoms with E-state index < -0.39 is 0 Å². The van der Waals surface area contributed by atoms with Crippen molar-refractivity contribution in [1.29, 1.82) is 5.26 Å². The molecular formula is C12H19N3O2. The summed E-state index contributed by atoms with van der Waals surface area (Å²) in [5.74, 6) is -0.141. The number of hydrogen-bond acceptors (Lipinski definition) is 3. The minimum atomic E-state index is -0.203. The van der Waals surface area contributed by atoms with Crippen LogP contribution in [0.2, 0.25) is 0 Å². The molecule has 1 aliphatic rings. The summed E-state index contributed by atoms with van der Waals surface area (Å²) in [6.45, 7) is 6.18. The van der Waals surface area contributed by atoms with Gasteiger partial charge in [0.25, 0.3) is 0 Å². The second kappa shape index (κ2) is 6.24. The maximum Gasteiger partial charge on any atom is 0.224 e. The highest BCUT2D eigenvalue weighted by Crippen LogP contribution is 2.16. The molecule has 1 heterocycles. The SMILES string of the molecule is CCN(CC)C(=O)CCN1CC(C#N)CC1=O. The monoisotopic (exact) mass is 237 g/mol. The number of carbonyl (C=O) groups is 2. The van der Waals surface area contributed by atoms with E-state index in [1.54, 1.807) is 9.80 Å². The first kappa shape index (κ1) is 13.5. The first-order valence-electron chi connectivity index (χ1n) is 6.07. The predicted molar refractivity (Wildman–Crippen MR) is 62.8 cm³/mol. The highest BCUT2D eigenvalue weighted by Gasteiger charge is 2.29. The van der Waals surface area contributed by atoms with E-state index in [4.69, 9.17) is 5.26 Å². The van der Waals surface area contributed by atoms with Crippen LogP contribution < -0.4 is 0 Å². The molecule has 1 atom stereocenters. The zero-order chi connectivity index (χ0) is 12.8. The molecule has 1 aliphatic heterocycles. The molecule has 1 unspecified atom stereocenters. The van der Waals surface area contributed by atoms with Crippen molar-refractivity contribution in [3.63, 3.8) is 0 Å². The zero-order valence-corrected chi connectivity index (χ0v) is 10.5. The van der Waals surface area contributed by atoms with Crippen molar-refractivity contribution >= 4 is 11.8 Å². The summed E-state index contributed by atoms with van der Waals surface area (Å²) in [6, 6.07) is 2.10. The number of hydrogen-bond donors (Lipinski definition) is 0. The second-order valence-corrected chi connectivity index (χ2v) is 4.19. The molecule has 0 spiro atoms. The molecular weight excluding hydrogens is 218 g/mol. The van der Waals surface area contributed by atoms with E-state index in [0.29, 0.717) is 39.0 Å². The molecule has 5 nitrogen and oxygen atoms in total. The number of rotatable bonds is 5. The van der Waals surface area contributed by atoms with E-state index in [-0.39, 0.29) is 17.7 Å². The Labute approximate surface area is 102 Å². The summed E-state index contributed by atoms with van der Waals surface area (Å²) in [6.07, 6.45) is 0.654. The maximum atomic E-state index is 11.7. The first-order valence-corrected chi connectivity index (χ1v) is 6.07. The number of carbonyl (C=O) groups excluding carboxylic acids is 2. The van der Waals surface area contributed by atoms with E-state index in [1.807, 2.05) is 13.8 Å². The Morgan fingerprint density at radius 3 is 2.65 bits per heavy atom. The van der Waals surface area contributed by atoms with Gasteiger partial charge in [-0.1, -0.05) is 0 Å². The highest BCUT2D eigenvalue weighted by atomic mass is 16.2. The molecule has 1 saturated heterocycles. The van der Waals surface area contributed by atoms with Gasteiger partial charge < -0.3 is 9.80 Å². The van der Waals surface area contributed by atoms with Crippen molar-refractivity contribution in [2.75, 3.05) is 26.2 Å². The van der Waals surface area contributed by atoms with Crippen LogP contribution >= 0.6 is 0 Å². The molecule has 0 bridgehead atoms. The van der Waals surface area contributed by atoms with E-state index in [0.717, 1.165) is 0 Å². The Hall–Kier alpha value is -1.57. The summed E-state index contributed by atoms with van der Waals surface area (Å²) in [5, 5.41) is 8.74. The Kier molecular flexibility index (Phi) is 4.95. The van der Waals surface area contributed by atoms with Gasteiger partial charge in [-0.2, -0.15) is 5.26 Å². The smallest absolute Gasteiger partial charge is 0.224 e. The molecule has 0 aromatic carbocycles. The lowest BCUT2D eigenvalue weighted by Crippen LogP contribution is -2.35. The van der Waals surface area contributed by atoms with Crippen molar-refractivity contribution in [3.8, 4) is 6.07 Å². The van der Waals surface area contributed by atoms with Gasteiger partial charge in [0.15, 0.2) is 0 Å². The Morgan fingerprint density at radius 2 is 2.18 bits per heavy atom. The molecule has 0 aromatic rings. The van der Waals surface area contributed by atoms with Crippen LogP contribution in [-0.4, -0.2) is 47.8 Å². The van der Waals surface area contributed by atoms with E-state index in [9.17, 15) is 9.59 Å². The molecule has 0 saturated carbocycles. The lowest BCUT2D eigenvalue weighted by atomic mass is 10.1. The maximum absolute atomic E-state index is 11.7. The molecule has 94 valence electrons. The zero-order valence-electron chi connectivity index (χ0n) is 10.5. The van der Waals surface area contributed by atoms with Crippen LogP contribution in [0.15, 0.2) is 0 Å². The molecule has 0 aromatic heterocycles. The first-order chi connectivity index (χ1) is 8.12. The normalized spacial score (nSPS) is 19.2. The molecule has 0 aliphatic carbocycles. The van der Waals surface area contributed by atoms with Gasteiger partial charge in [-0.25, -0.2) is 0 Å². The van der Waals surface area contributed by atoms with Crippen LogP contribution in [-0.2, 0) is 9.59 Å². The Morgan fingerprint density at radius 1 is 1.53 bits per heavy atom. The average molecular weight is 237 g/mol. The van der Waals surface area contributed by atoms with E-state index in [1.165, 1.54) is 0 Å². The van der Waals surface area contributed by atoms with Crippen LogP contribution in [0.4, 0.5) is 0 Å². The molecule has 0 N–H and O–H groups in total. The van der Waals surface area contributed by atoms with Crippen molar-refractivity contribution in [2.24, 2.45) is 5.92 Å². The third-order valence-corrected chi connectivity index (χ3v) is 3.11. The predicted octanol–water partition coefficient (Wildman–Crippen LogP) is 0.617. The second-order valence-electron chi connectivity index (χ2n) is 4.19. The van der Waals surface area contributed by atoms with Crippen molar-refractivity contribution < 1.29 is 9.59 Å². The lowest BCUT2D eigenvalue weighted by Gasteiger charge is -2.21. The summed E-state index contributed by atoms with van der Waals surface area (Å²) < 4.78 is 0. The third-order valence-electron chi connectivity index (χ3n) is 3.11. The largest absolute Gasteiger partial charge is 0.343 e. The van der Waals surface area contributed by atoms with Crippen molar-refractivity contribution in [2.45, 2.75) is 26.7 Å². The molecule has 17 heavy (non-hydrogen) atoms. The lowest BCUT2D eigenvalue weighted by molar-refractivity contribution is -0.132. The van der Waals surface area contributed by atoms with Gasteiger partial charge in [0.2, 0.25) is 11.8 Å². The van der Waals surface area contributed by atoms with Crippen LogP contribution in [0.3, 0.4) is 0 Å². The summed E-state index contributed by atoms with van der Waals surface area (Å²) in [4.78, 5) is 26.6. The van der Waals surface area contributed by atoms with Gasteiger partial charge in [-0.3, -0.25) is 9.59 Å². The number of nitrogens with zero attached hydrogens (tertiary/aromatic N) is 3. The Bertz CT molecular complexity index is 331. The van der Waals surface area contributed by atoms with Gasteiger partial charge in [0, 0.05) is 39.0 Å². The Balaban J connectivity index is 2.39. The summed E-state index contributed by atoms with van der Waals surface area (Å²) in [5.41, 5.74) is 0. The fourth-order valence-electron chi connectivity index (χ4n) is 2.04. The van der Waals surface area contributed by atoms with Crippen LogP contribution in [0.1, 0.15) is 26.7 Å². The minimum absolute atomic E-state index is 0.0103. The third kappa shape index (κ3) is 3.45. The van der Waals surface area contributed by atoms with Crippen LogP contribution in [0.5, 0.6) is 0 Å². The fraction of sp³-hybridized carbons (Fsp3) is 0.750. The van der Waals surface area contributed by atoms with Crippen LogP contribution in [0, 0.1) is 17.2 Å².